The number of anilines is 1. The third-order valence-corrected chi connectivity index (χ3v) is 2.73. The van der Waals surface area contributed by atoms with E-state index >= 15 is 0 Å². The second-order valence-corrected chi connectivity index (χ2v) is 4.11. The molecule has 0 aromatic heterocycles. The van der Waals surface area contributed by atoms with Gasteiger partial charge in [-0.05, 0) is 23.3 Å². The monoisotopic (exact) mass is 260 g/mol. The van der Waals surface area contributed by atoms with Gasteiger partial charge < -0.3 is 10.2 Å². The Balaban J connectivity index is 2.87. The molecule has 0 aliphatic rings. The Morgan fingerprint density at radius 2 is 1.88 bits per heavy atom. The molecular formula is C11H14Cl2N2O. The number of carbonyl (C=O) groups is 1. The molecule has 88 valence electrons. The van der Waals surface area contributed by atoms with Gasteiger partial charge in [-0.1, -0.05) is 6.07 Å². The van der Waals surface area contributed by atoms with Crippen molar-refractivity contribution in [3.8, 4) is 0 Å². The molecule has 1 aromatic rings. The van der Waals surface area contributed by atoms with Crippen LogP contribution in [0.2, 0.25) is 0 Å². The summed E-state index contributed by atoms with van der Waals surface area (Å²) in [4.78, 5) is 12.9. The minimum absolute atomic E-state index is 0.167. The van der Waals surface area contributed by atoms with Gasteiger partial charge in [0.25, 0.3) is 0 Å². The molecule has 2 amide bonds. The van der Waals surface area contributed by atoms with Gasteiger partial charge in [0.1, 0.15) is 0 Å². The average molecular weight is 261 g/mol. The van der Waals surface area contributed by atoms with E-state index in [0.717, 1.165) is 16.8 Å². The van der Waals surface area contributed by atoms with Crippen molar-refractivity contribution in [3.05, 3.63) is 29.3 Å². The summed E-state index contributed by atoms with van der Waals surface area (Å²) in [5, 5.41) is 2.75. The van der Waals surface area contributed by atoms with Crippen molar-refractivity contribution in [2.45, 2.75) is 11.8 Å². The number of nitrogens with zero attached hydrogens (tertiary/aromatic N) is 1. The standard InChI is InChI=1S/C11H14Cl2N2O/c1-15(2)11(16)14-10-4-3-8(6-12)9(5-10)7-13/h3-5H,6-7H2,1-2H3,(H,14,16). The zero-order valence-corrected chi connectivity index (χ0v) is 10.8. The quantitative estimate of drug-likeness (QED) is 0.832. The van der Waals surface area contributed by atoms with Crippen LogP contribution in [0.4, 0.5) is 10.5 Å². The van der Waals surface area contributed by atoms with E-state index in [4.69, 9.17) is 23.2 Å². The van der Waals surface area contributed by atoms with Crippen LogP contribution in [0.1, 0.15) is 11.1 Å². The molecule has 3 nitrogen and oxygen atoms in total. The van der Waals surface area contributed by atoms with E-state index in [0.29, 0.717) is 11.8 Å². The molecule has 0 bridgehead atoms. The third-order valence-electron chi connectivity index (χ3n) is 2.15. The van der Waals surface area contributed by atoms with E-state index in [1.165, 1.54) is 4.90 Å². The summed E-state index contributed by atoms with van der Waals surface area (Å²) in [5.74, 6) is 0.803. The lowest BCUT2D eigenvalue weighted by atomic mass is 10.1. The highest BCUT2D eigenvalue weighted by Gasteiger charge is 2.06. The Kier molecular flexibility index (Phi) is 4.90. The summed E-state index contributed by atoms with van der Waals surface area (Å²) < 4.78 is 0. The molecule has 0 spiro atoms. The average Bonchev–Trinajstić information content (AvgIpc) is 2.28. The number of nitrogens with one attached hydrogen (secondary N) is 1. The van der Waals surface area contributed by atoms with Gasteiger partial charge in [-0.2, -0.15) is 0 Å². The highest BCUT2D eigenvalue weighted by atomic mass is 35.5. The largest absolute Gasteiger partial charge is 0.331 e. The van der Waals surface area contributed by atoms with E-state index in [1.54, 1.807) is 14.1 Å². The molecular weight excluding hydrogens is 247 g/mol. The SMILES string of the molecule is CN(C)C(=O)Nc1ccc(CCl)c(CCl)c1. The third kappa shape index (κ3) is 3.29. The number of halogens is 2. The molecule has 0 aliphatic carbocycles. The fourth-order valence-electron chi connectivity index (χ4n) is 1.19. The van der Waals surface area contributed by atoms with Gasteiger partial charge >= 0.3 is 6.03 Å². The lowest BCUT2D eigenvalue weighted by Crippen LogP contribution is -2.27. The minimum atomic E-state index is -0.167. The summed E-state index contributed by atoms with van der Waals surface area (Å²) in [6, 6.07) is 5.36. The summed E-state index contributed by atoms with van der Waals surface area (Å²) in [6.07, 6.45) is 0. The van der Waals surface area contributed by atoms with Gasteiger partial charge in [0.2, 0.25) is 0 Å². The van der Waals surface area contributed by atoms with Crippen LogP contribution in [0.15, 0.2) is 18.2 Å². The Bertz CT molecular complexity index is 380. The molecule has 1 aromatic carbocycles. The molecule has 0 saturated carbocycles. The molecule has 0 saturated heterocycles. The second kappa shape index (κ2) is 5.97. The maximum absolute atomic E-state index is 11.4. The van der Waals surface area contributed by atoms with Crippen LogP contribution in [-0.2, 0) is 11.8 Å². The Labute approximate surface area is 105 Å². The first-order valence-corrected chi connectivity index (χ1v) is 5.87. The van der Waals surface area contributed by atoms with Crippen molar-refractivity contribution in [2.75, 3.05) is 19.4 Å². The molecule has 1 rings (SSSR count). The van der Waals surface area contributed by atoms with Crippen molar-refractivity contribution in [1.29, 1.82) is 0 Å². The molecule has 16 heavy (non-hydrogen) atoms. The highest BCUT2D eigenvalue weighted by Crippen LogP contribution is 2.19. The molecule has 0 atom stereocenters. The van der Waals surface area contributed by atoms with Crippen molar-refractivity contribution in [3.63, 3.8) is 0 Å². The first-order valence-electron chi connectivity index (χ1n) is 4.80. The molecule has 0 radical (unpaired) electrons. The van der Waals surface area contributed by atoms with E-state index in [-0.39, 0.29) is 6.03 Å². The molecule has 0 heterocycles. The Hall–Kier alpha value is -0.930. The number of alkyl halides is 2. The van der Waals surface area contributed by atoms with Crippen molar-refractivity contribution >= 4 is 34.9 Å². The molecule has 1 N–H and O–H groups in total. The second-order valence-electron chi connectivity index (χ2n) is 3.58. The fourth-order valence-corrected chi connectivity index (χ4v) is 1.70. The predicted octanol–water partition coefficient (Wildman–Crippen LogP) is 3.26. The fraction of sp³-hybridized carbons (Fsp3) is 0.364. The van der Waals surface area contributed by atoms with Crippen molar-refractivity contribution in [2.24, 2.45) is 0 Å². The molecule has 0 fully saturated rings. The van der Waals surface area contributed by atoms with Gasteiger partial charge in [0.05, 0.1) is 0 Å². The maximum atomic E-state index is 11.4. The number of amides is 2. The lowest BCUT2D eigenvalue weighted by molar-refractivity contribution is 0.230. The maximum Gasteiger partial charge on any atom is 0.321 e. The zero-order valence-electron chi connectivity index (χ0n) is 9.26. The van der Waals surface area contributed by atoms with Crippen LogP contribution in [0, 0.1) is 0 Å². The van der Waals surface area contributed by atoms with Crippen molar-refractivity contribution < 1.29 is 4.79 Å². The van der Waals surface area contributed by atoms with Crippen LogP contribution >= 0.6 is 23.2 Å². The first-order chi connectivity index (χ1) is 7.58. The smallest absolute Gasteiger partial charge is 0.321 e. The van der Waals surface area contributed by atoms with Gasteiger partial charge in [-0.25, -0.2) is 4.79 Å². The van der Waals surface area contributed by atoms with Crippen LogP contribution in [0.3, 0.4) is 0 Å². The minimum Gasteiger partial charge on any atom is -0.331 e. The topological polar surface area (TPSA) is 32.3 Å². The Morgan fingerprint density at radius 3 is 2.38 bits per heavy atom. The normalized spacial score (nSPS) is 10.0. The summed E-state index contributed by atoms with van der Waals surface area (Å²) in [6.45, 7) is 0. The highest BCUT2D eigenvalue weighted by molar-refractivity contribution is 6.18. The number of hydrogen-bond donors (Lipinski definition) is 1. The number of hydrogen-bond acceptors (Lipinski definition) is 1. The first kappa shape index (κ1) is 13.1. The predicted molar refractivity (Wildman–Crippen MR) is 68.3 cm³/mol. The molecule has 0 aliphatic heterocycles. The number of carbonyl (C=O) groups excluding carboxylic acids is 1. The molecule has 0 unspecified atom stereocenters. The van der Waals surface area contributed by atoms with E-state index in [9.17, 15) is 4.79 Å². The van der Waals surface area contributed by atoms with Crippen LogP contribution < -0.4 is 5.32 Å². The summed E-state index contributed by atoms with van der Waals surface area (Å²) in [7, 11) is 3.37. The summed E-state index contributed by atoms with van der Waals surface area (Å²) in [5.41, 5.74) is 2.65. The van der Waals surface area contributed by atoms with E-state index < -0.39 is 0 Å². The van der Waals surface area contributed by atoms with E-state index in [2.05, 4.69) is 5.32 Å². The van der Waals surface area contributed by atoms with Gasteiger partial charge in [-0.15, -0.1) is 23.2 Å². The van der Waals surface area contributed by atoms with Crippen LogP contribution in [-0.4, -0.2) is 25.0 Å². The van der Waals surface area contributed by atoms with Gasteiger partial charge in [-0.3, -0.25) is 0 Å². The van der Waals surface area contributed by atoms with Gasteiger partial charge in [0, 0.05) is 31.5 Å². The summed E-state index contributed by atoms with van der Waals surface area (Å²) >= 11 is 11.6. The van der Waals surface area contributed by atoms with Gasteiger partial charge in [0.15, 0.2) is 0 Å². The number of benzene rings is 1. The lowest BCUT2D eigenvalue weighted by Gasteiger charge is -2.13. The van der Waals surface area contributed by atoms with Crippen LogP contribution in [0.5, 0.6) is 0 Å². The molecule has 5 heteroatoms. The number of rotatable bonds is 3. The van der Waals surface area contributed by atoms with Crippen molar-refractivity contribution in [1.82, 2.24) is 4.90 Å². The van der Waals surface area contributed by atoms with Crippen LogP contribution in [0.25, 0.3) is 0 Å². The van der Waals surface area contributed by atoms with E-state index in [1.807, 2.05) is 18.2 Å². The Morgan fingerprint density at radius 1 is 1.25 bits per heavy atom. The number of urea groups is 1. The zero-order chi connectivity index (χ0) is 12.1.